The summed E-state index contributed by atoms with van der Waals surface area (Å²) in [6.07, 6.45) is 9.37. The van der Waals surface area contributed by atoms with Crippen LogP contribution in [0.3, 0.4) is 0 Å². The van der Waals surface area contributed by atoms with Crippen LogP contribution < -0.4 is 5.32 Å². The first kappa shape index (κ1) is 17.3. The van der Waals surface area contributed by atoms with Crippen LogP contribution in [0.4, 0.5) is 5.82 Å². The van der Waals surface area contributed by atoms with Crippen LogP contribution in [0.5, 0.6) is 0 Å². The maximum Gasteiger partial charge on any atom is 0.162 e. The number of thiophene rings is 1. The molecule has 1 fully saturated rings. The van der Waals surface area contributed by atoms with Crippen molar-refractivity contribution in [3.8, 4) is 11.4 Å². The van der Waals surface area contributed by atoms with Crippen LogP contribution in [0.2, 0.25) is 0 Å². The molecule has 1 aliphatic rings. The summed E-state index contributed by atoms with van der Waals surface area (Å²) >= 11 is 1.70. The molecule has 0 saturated heterocycles. The van der Waals surface area contributed by atoms with Crippen molar-refractivity contribution in [2.45, 2.75) is 38.1 Å². The maximum atomic E-state index is 4.90. The standard InChI is InChI=1S/C22H21N5S/c1-2-6-16(5-1)25-22-20-19(9-12-28-20)26-21(27-22)15-8-11-24-18(13-15)14-17-7-3-4-10-23-17/h3-4,7-13,16H,1-2,5-6,14H2,(H,25,26,27). The van der Waals surface area contributed by atoms with Crippen LogP contribution in [-0.2, 0) is 6.42 Å². The van der Waals surface area contributed by atoms with E-state index in [2.05, 4.69) is 32.8 Å². The lowest BCUT2D eigenvalue weighted by atomic mass is 10.1. The Morgan fingerprint density at radius 3 is 2.71 bits per heavy atom. The van der Waals surface area contributed by atoms with Crippen molar-refractivity contribution in [1.82, 2.24) is 19.9 Å². The Morgan fingerprint density at radius 1 is 0.964 bits per heavy atom. The fraction of sp³-hybridized carbons (Fsp3) is 0.273. The summed E-state index contributed by atoms with van der Waals surface area (Å²) in [4.78, 5) is 18.6. The lowest BCUT2D eigenvalue weighted by Gasteiger charge is -2.14. The normalized spacial score (nSPS) is 14.6. The molecular formula is C22H21N5S. The number of anilines is 1. The van der Waals surface area contributed by atoms with Gasteiger partial charge in [0.15, 0.2) is 5.82 Å². The fourth-order valence-corrected chi connectivity index (χ4v) is 4.54. The van der Waals surface area contributed by atoms with Crippen molar-refractivity contribution in [2.24, 2.45) is 0 Å². The van der Waals surface area contributed by atoms with Gasteiger partial charge in [0.1, 0.15) is 5.82 Å². The Hall–Kier alpha value is -2.86. The van der Waals surface area contributed by atoms with E-state index in [0.29, 0.717) is 12.5 Å². The van der Waals surface area contributed by atoms with Crippen LogP contribution in [0, 0.1) is 0 Å². The molecule has 1 aliphatic carbocycles. The zero-order valence-corrected chi connectivity index (χ0v) is 16.3. The second kappa shape index (κ2) is 7.64. The number of hydrogen-bond donors (Lipinski definition) is 1. The number of fused-ring (bicyclic) bond motifs is 1. The van der Waals surface area contributed by atoms with Gasteiger partial charge in [0.2, 0.25) is 0 Å². The summed E-state index contributed by atoms with van der Waals surface area (Å²) in [5, 5.41) is 5.75. The topological polar surface area (TPSA) is 63.6 Å². The van der Waals surface area contributed by atoms with Gasteiger partial charge in [0.05, 0.1) is 10.2 Å². The second-order valence-corrected chi connectivity index (χ2v) is 8.11. The summed E-state index contributed by atoms with van der Waals surface area (Å²) in [6, 6.07) is 12.6. The van der Waals surface area contributed by atoms with Crippen molar-refractivity contribution < 1.29 is 0 Å². The van der Waals surface area contributed by atoms with Gasteiger partial charge in [-0.25, -0.2) is 9.97 Å². The summed E-state index contributed by atoms with van der Waals surface area (Å²) < 4.78 is 1.14. The van der Waals surface area contributed by atoms with E-state index in [4.69, 9.17) is 9.97 Å². The Balaban J connectivity index is 1.49. The van der Waals surface area contributed by atoms with Gasteiger partial charge in [0, 0.05) is 41.8 Å². The minimum atomic E-state index is 0.519. The third-order valence-electron chi connectivity index (χ3n) is 5.16. The van der Waals surface area contributed by atoms with Gasteiger partial charge >= 0.3 is 0 Å². The van der Waals surface area contributed by atoms with Crippen LogP contribution in [0.25, 0.3) is 21.6 Å². The first-order valence-corrected chi connectivity index (χ1v) is 10.6. The first-order valence-electron chi connectivity index (χ1n) is 9.72. The van der Waals surface area contributed by atoms with E-state index in [0.717, 1.165) is 38.8 Å². The average molecular weight is 388 g/mol. The first-order chi connectivity index (χ1) is 13.8. The van der Waals surface area contributed by atoms with Crippen molar-refractivity contribution in [2.75, 3.05) is 5.32 Å². The molecule has 0 atom stereocenters. The van der Waals surface area contributed by atoms with Crippen molar-refractivity contribution in [1.29, 1.82) is 0 Å². The summed E-state index contributed by atoms with van der Waals surface area (Å²) in [6.45, 7) is 0. The number of nitrogens with one attached hydrogen (secondary N) is 1. The highest BCUT2D eigenvalue weighted by Gasteiger charge is 2.18. The van der Waals surface area contributed by atoms with Crippen molar-refractivity contribution in [3.05, 3.63) is 65.6 Å². The van der Waals surface area contributed by atoms with E-state index in [9.17, 15) is 0 Å². The molecule has 0 unspecified atom stereocenters. The quantitative estimate of drug-likeness (QED) is 0.516. The van der Waals surface area contributed by atoms with Gasteiger partial charge in [-0.15, -0.1) is 11.3 Å². The largest absolute Gasteiger partial charge is 0.366 e. The monoisotopic (exact) mass is 387 g/mol. The smallest absolute Gasteiger partial charge is 0.162 e. The van der Waals surface area contributed by atoms with Gasteiger partial charge in [-0.2, -0.15) is 0 Å². The highest BCUT2D eigenvalue weighted by atomic mass is 32.1. The molecule has 28 heavy (non-hydrogen) atoms. The Bertz CT molecular complexity index is 1090. The average Bonchev–Trinajstić information content (AvgIpc) is 3.41. The molecule has 1 N–H and O–H groups in total. The zero-order valence-electron chi connectivity index (χ0n) is 15.5. The van der Waals surface area contributed by atoms with E-state index < -0.39 is 0 Å². The molecule has 0 aromatic carbocycles. The molecule has 4 heterocycles. The van der Waals surface area contributed by atoms with Gasteiger partial charge in [-0.1, -0.05) is 18.9 Å². The number of rotatable bonds is 5. The van der Waals surface area contributed by atoms with Crippen LogP contribution >= 0.6 is 11.3 Å². The SMILES string of the molecule is c1ccc(Cc2cc(-c3nc(NC4CCCC4)c4sccc4n3)ccn2)nc1. The maximum absolute atomic E-state index is 4.90. The summed E-state index contributed by atoms with van der Waals surface area (Å²) in [5.74, 6) is 1.71. The van der Waals surface area contributed by atoms with E-state index in [1.54, 1.807) is 11.3 Å². The van der Waals surface area contributed by atoms with E-state index in [-0.39, 0.29) is 0 Å². The van der Waals surface area contributed by atoms with Gasteiger partial charge in [-0.05, 0) is 48.6 Å². The fourth-order valence-electron chi connectivity index (χ4n) is 3.76. The minimum absolute atomic E-state index is 0.519. The van der Waals surface area contributed by atoms with Gasteiger partial charge in [0.25, 0.3) is 0 Å². The van der Waals surface area contributed by atoms with E-state index in [1.165, 1.54) is 25.7 Å². The molecule has 5 nitrogen and oxygen atoms in total. The molecule has 0 radical (unpaired) electrons. The number of pyridine rings is 2. The Morgan fingerprint density at radius 2 is 1.86 bits per heavy atom. The van der Waals surface area contributed by atoms with Crippen LogP contribution in [0.1, 0.15) is 37.1 Å². The van der Waals surface area contributed by atoms with Gasteiger partial charge < -0.3 is 5.32 Å². The predicted molar refractivity (Wildman–Crippen MR) is 114 cm³/mol. The molecule has 0 spiro atoms. The van der Waals surface area contributed by atoms with E-state index in [1.807, 2.05) is 36.7 Å². The van der Waals surface area contributed by atoms with Crippen molar-refractivity contribution in [3.63, 3.8) is 0 Å². The zero-order chi connectivity index (χ0) is 18.8. The molecule has 4 aromatic heterocycles. The third-order valence-corrected chi connectivity index (χ3v) is 6.07. The molecule has 5 rings (SSSR count). The molecular weight excluding hydrogens is 366 g/mol. The molecule has 1 saturated carbocycles. The molecule has 0 bridgehead atoms. The van der Waals surface area contributed by atoms with Crippen molar-refractivity contribution >= 4 is 27.4 Å². The second-order valence-electron chi connectivity index (χ2n) is 7.19. The Labute approximate surface area is 167 Å². The van der Waals surface area contributed by atoms with Crippen LogP contribution in [-0.4, -0.2) is 26.0 Å². The van der Waals surface area contributed by atoms with Crippen LogP contribution in [0.15, 0.2) is 54.2 Å². The third kappa shape index (κ3) is 3.60. The van der Waals surface area contributed by atoms with E-state index >= 15 is 0 Å². The summed E-state index contributed by atoms with van der Waals surface area (Å²) in [5.41, 5.74) is 3.96. The molecule has 6 heteroatoms. The lowest BCUT2D eigenvalue weighted by molar-refractivity contribution is 0.752. The number of nitrogens with zero attached hydrogens (tertiary/aromatic N) is 4. The summed E-state index contributed by atoms with van der Waals surface area (Å²) in [7, 11) is 0. The predicted octanol–water partition coefficient (Wildman–Crippen LogP) is 5.09. The lowest BCUT2D eigenvalue weighted by Crippen LogP contribution is -2.16. The number of aromatic nitrogens is 4. The molecule has 140 valence electrons. The highest BCUT2D eigenvalue weighted by molar-refractivity contribution is 7.17. The molecule has 0 aliphatic heterocycles. The molecule has 0 amide bonds. The van der Waals surface area contributed by atoms with Gasteiger partial charge in [-0.3, -0.25) is 9.97 Å². The number of hydrogen-bond acceptors (Lipinski definition) is 6. The highest BCUT2D eigenvalue weighted by Crippen LogP contribution is 2.31. The molecule has 4 aromatic rings. The Kier molecular flexibility index (Phi) is 4.71. The minimum Gasteiger partial charge on any atom is -0.366 e.